The number of nitrogens with zero attached hydrogens (tertiary/aromatic N) is 1. The molecule has 2 atom stereocenters. The Balaban J connectivity index is 2.09. The zero-order valence-corrected chi connectivity index (χ0v) is 19.3. The van der Waals surface area contributed by atoms with Crippen LogP contribution in [0.1, 0.15) is 65.2 Å². The van der Waals surface area contributed by atoms with Crippen molar-refractivity contribution in [3.8, 4) is 0 Å². The molecule has 2 unspecified atom stereocenters. The molecule has 1 heterocycles. The van der Waals surface area contributed by atoms with Crippen LogP contribution in [0.3, 0.4) is 0 Å². The minimum Gasteiger partial charge on any atom is -0.449 e. The number of alkyl halides is 9. The average Bonchev–Trinajstić information content (AvgIpc) is 3.09. The van der Waals surface area contributed by atoms with Crippen LogP contribution in [0, 0.1) is 0 Å². The summed E-state index contributed by atoms with van der Waals surface area (Å²) in [4.78, 5) is 26.6. The van der Waals surface area contributed by atoms with Gasteiger partial charge in [-0.15, -0.1) is 0 Å². The molecule has 0 fully saturated rings. The number of hydrogen-bond acceptors (Lipinski definition) is 3. The van der Waals surface area contributed by atoms with E-state index in [1.54, 1.807) is 6.92 Å². The van der Waals surface area contributed by atoms with Crippen LogP contribution >= 0.6 is 0 Å². The Labute approximate surface area is 205 Å². The minimum atomic E-state index is -5.17. The molecule has 13 heteroatoms. The van der Waals surface area contributed by atoms with Crippen molar-refractivity contribution < 1.29 is 53.8 Å². The van der Waals surface area contributed by atoms with E-state index in [0.717, 1.165) is 17.0 Å². The van der Waals surface area contributed by atoms with Crippen LogP contribution in [-0.4, -0.2) is 24.5 Å². The number of benzene rings is 2. The van der Waals surface area contributed by atoms with Gasteiger partial charge >= 0.3 is 24.6 Å². The van der Waals surface area contributed by atoms with E-state index < -0.39 is 71.0 Å². The van der Waals surface area contributed by atoms with Crippen molar-refractivity contribution in [3.05, 3.63) is 64.2 Å². The van der Waals surface area contributed by atoms with Crippen LogP contribution in [0.25, 0.3) is 0 Å². The number of carbonyl (C=O) groups is 2. The van der Waals surface area contributed by atoms with Crippen molar-refractivity contribution in [3.63, 3.8) is 0 Å². The molecular formula is C24H20F9NO3. The maximum atomic E-state index is 13.3. The molecule has 37 heavy (non-hydrogen) atoms. The summed E-state index contributed by atoms with van der Waals surface area (Å²) >= 11 is 0. The van der Waals surface area contributed by atoms with Crippen molar-refractivity contribution in [1.29, 1.82) is 0 Å². The predicted octanol–water partition coefficient (Wildman–Crippen LogP) is 7.85. The number of fused-ring (bicyclic) bond motifs is 1. The van der Waals surface area contributed by atoms with Gasteiger partial charge in [0, 0.05) is 23.9 Å². The van der Waals surface area contributed by atoms with E-state index in [9.17, 15) is 49.1 Å². The van der Waals surface area contributed by atoms with Gasteiger partial charge in [0.1, 0.15) is 0 Å². The van der Waals surface area contributed by atoms with Crippen LogP contribution in [0.2, 0.25) is 0 Å². The molecule has 3 rings (SSSR count). The molecule has 0 saturated carbocycles. The molecule has 0 radical (unpaired) electrons. The Morgan fingerprint density at radius 1 is 0.811 bits per heavy atom. The molecule has 1 aliphatic rings. The van der Waals surface area contributed by atoms with E-state index >= 15 is 0 Å². The summed E-state index contributed by atoms with van der Waals surface area (Å²) < 4.78 is 124. The third kappa shape index (κ3) is 5.85. The Kier molecular flexibility index (Phi) is 7.58. The van der Waals surface area contributed by atoms with Gasteiger partial charge in [0.25, 0.3) is 0 Å². The molecule has 202 valence electrons. The molecule has 0 N–H and O–H groups in total. The Morgan fingerprint density at radius 3 is 1.81 bits per heavy atom. The number of amides is 1. The highest BCUT2D eigenvalue weighted by Crippen LogP contribution is 2.47. The highest BCUT2D eigenvalue weighted by molar-refractivity contribution is 5.99. The van der Waals surface area contributed by atoms with Gasteiger partial charge in [-0.1, -0.05) is 13.0 Å². The first kappa shape index (κ1) is 28.3. The SMILES string of the molecule is CCOC(=O)N1c2cc(C(F)(F)F)ccc2C(CC(=O)c2cc(C(F)(F)F)cc(C(F)(F)F)c2)C1CC. The summed E-state index contributed by atoms with van der Waals surface area (Å²) in [6.45, 7) is 2.92. The third-order valence-electron chi connectivity index (χ3n) is 6.01. The molecule has 0 aromatic heterocycles. The number of rotatable bonds is 5. The Morgan fingerprint density at radius 2 is 1.35 bits per heavy atom. The molecule has 2 aromatic rings. The van der Waals surface area contributed by atoms with E-state index in [-0.39, 0.29) is 30.3 Å². The van der Waals surface area contributed by atoms with Gasteiger partial charge in [0.05, 0.1) is 29.0 Å². The Bertz CT molecular complexity index is 1150. The number of Topliss-reactive ketones (excluding diaryl/α,β-unsaturated/α-hetero) is 1. The number of anilines is 1. The van der Waals surface area contributed by atoms with E-state index in [1.807, 2.05) is 0 Å². The second-order valence-electron chi connectivity index (χ2n) is 8.34. The van der Waals surface area contributed by atoms with E-state index in [4.69, 9.17) is 4.74 Å². The lowest BCUT2D eigenvalue weighted by Crippen LogP contribution is -2.39. The molecule has 2 aromatic carbocycles. The maximum absolute atomic E-state index is 13.3. The fourth-order valence-corrected chi connectivity index (χ4v) is 4.38. The normalized spacial score (nSPS) is 18.1. The summed E-state index contributed by atoms with van der Waals surface area (Å²) in [6.07, 6.45) is -16.7. The van der Waals surface area contributed by atoms with Crippen molar-refractivity contribution >= 4 is 17.6 Å². The molecule has 0 saturated heterocycles. The zero-order valence-electron chi connectivity index (χ0n) is 19.3. The van der Waals surface area contributed by atoms with Crippen molar-refractivity contribution in [1.82, 2.24) is 0 Å². The van der Waals surface area contributed by atoms with Crippen LogP contribution in [0.15, 0.2) is 36.4 Å². The van der Waals surface area contributed by atoms with E-state index in [2.05, 4.69) is 0 Å². The van der Waals surface area contributed by atoms with Gasteiger partial charge in [-0.25, -0.2) is 4.79 Å². The fourth-order valence-electron chi connectivity index (χ4n) is 4.38. The second kappa shape index (κ2) is 9.90. The average molecular weight is 541 g/mol. The first-order valence-corrected chi connectivity index (χ1v) is 11.0. The van der Waals surface area contributed by atoms with Gasteiger partial charge < -0.3 is 4.74 Å². The number of halogens is 9. The predicted molar refractivity (Wildman–Crippen MR) is 113 cm³/mol. The van der Waals surface area contributed by atoms with Crippen LogP contribution in [0.5, 0.6) is 0 Å². The van der Waals surface area contributed by atoms with Crippen molar-refractivity contribution in [2.24, 2.45) is 0 Å². The monoisotopic (exact) mass is 541 g/mol. The van der Waals surface area contributed by atoms with E-state index in [0.29, 0.717) is 18.2 Å². The standard InChI is InChI=1S/C24H20F9NO3/c1-3-18-17(11-20(35)12-7-14(23(28,29)30)9-15(8-12)24(31,32)33)16-6-5-13(22(25,26)27)10-19(16)34(18)21(36)37-4-2/h5-10,17-18H,3-4,11H2,1-2H3. The van der Waals surface area contributed by atoms with Gasteiger partial charge in [-0.3, -0.25) is 9.69 Å². The fraction of sp³-hybridized carbons (Fsp3) is 0.417. The topological polar surface area (TPSA) is 46.6 Å². The van der Waals surface area contributed by atoms with Crippen LogP contribution < -0.4 is 4.90 Å². The first-order valence-electron chi connectivity index (χ1n) is 11.0. The highest BCUT2D eigenvalue weighted by atomic mass is 19.4. The largest absolute Gasteiger partial charge is 0.449 e. The first-order chi connectivity index (χ1) is 17.0. The number of ether oxygens (including phenoxy) is 1. The summed E-state index contributed by atoms with van der Waals surface area (Å²) in [6, 6.07) is 2.02. The number of ketones is 1. The molecule has 4 nitrogen and oxygen atoms in total. The number of carbonyl (C=O) groups excluding carboxylic acids is 2. The maximum Gasteiger partial charge on any atom is 0.416 e. The molecule has 0 bridgehead atoms. The minimum absolute atomic E-state index is 0.100. The van der Waals surface area contributed by atoms with Crippen LogP contribution in [0.4, 0.5) is 50.0 Å². The molecule has 1 amide bonds. The lowest BCUT2D eigenvalue weighted by atomic mass is 9.86. The molecule has 1 aliphatic heterocycles. The van der Waals surface area contributed by atoms with Gasteiger partial charge in [0.2, 0.25) is 0 Å². The summed E-state index contributed by atoms with van der Waals surface area (Å²) in [7, 11) is 0. The van der Waals surface area contributed by atoms with Gasteiger partial charge in [-0.05, 0) is 49.2 Å². The quantitative estimate of drug-likeness (QED) is 0.286. The molecule has 0 spiro atoms. The van der Waals surface area contributed by atoms with E-state index in [1.165, 1.54) is 6.92 Å². The van der Waals surface area contributed by atoms with Crippen LogP contribution in [-0.2, 0) is 23.3 Å². The smallest absolute Gasteiger partial charge is 0.416 e. The van der Waals surface area contributed by atoms with Gasteiger partial charge in [0.15, 0.2) is 5.78 Å². The second-order valence-corrected chi connectivity index (χ2v) is 8.34. The lowest BCUT2D eigenvalue weighted by Gasteiger charge is -2.27. The number of hydrogen-bond donors (Lipinski definition) is 0. The Hall–Kier alpha value is -3.25. The summed E-state index contributed by atoms with van der Waals surface area (Å²) in [5.74, 6) is -2.11. The van der Waals surface area contributed by atoms with Crippen molar-refractivity contribution in [2.75, 3.05) is 11.5 Å². The highest BCUT2D eigenvalue weighted by Gasteiger charge is 2.45. The molecular weight excluding hydrogens is 521 g/mol. The lowest BCUT2D eigenvalue weighted by molar-refractivity contribution is -0.143. The summed E-state index contributed by atoms with van der Waals surface area (Å²) in [5, 5.41) is 0. The van der Waals surface area contributed by atoms with Gasteiger partial charge in [-0.2, -0.15) is 39.5 Å². The van der Waals surface area contributed by atoms with Crippen molar-refractivity contribution in [2.45, 2.75) is 57.2 Å². The molecule has 0 aliphatic carbocycles. The summed E-state index contributed by atoms with van der Waals surface area (Å²) in [5.41, 5.74) is -5.38. The third-order valence-corrected chi connectivity index (χ3v) is 6.01. The zero-order chi connectivity index (χ0) is 27.9.